The van der Waals surface area contributed by atoms with E-state index in [1.54, 1.807) is 6.92 Å². The van der Waals surface area contributed by atoms with Gasteiger partial charge in [0.15, 0.2) is 0 Å². The maximum absolute atomic E-state index is 12.0. The average Bonchev–Trinajstić information content (AvgIpc) is 2.50. The second-order valence-electron chi connectivity index (χ2n) is 5.73. The van der Waals surface area contributed by atoms with Gasteiger partial charge in [0.1, 0.15) is 6.54 Å². The Morgan fingerprint density at radius 3 is 2.25 bits per heavy atom. The van der Waals surface area contributed by atoms with Crippen molar-refractivity contribution in [1.29, 1.82) is 0 Å². The monoisotopic (exact) mass is 356 g/mol. The second kappa shape index (κ2) is 8.68. The molecule has 0 spiro atoms. The Hall–Kier alpha value is -2.09. The SMILES string of the molecule is CCOC(=O)c1ccc(N(CC(=O)NCC(C)C)S(C)(=O)=O)cc1. The number of nitrogens with zero attached hydrogens (tertiary/aromatic N) is 1. The summed E-state index contributed by atoms with van der Waals surface area (Å²) in [5, 5.41) is 2.68. The van der Waals surface area contributed by atoms with Crippen LogP contribution in [0.15, 0.2) is 24.3 Å². The molecule has 1 aromatic carbocycles. The predicted molar refractivity (Wildman–Crippen MR) is 92.4 cm³/mol. The number of carbonyl (C=O) groups is 2. The van der Waals surface area contributed by atoms with Crippen LogP contribution in [0, 0.1) is 5.92 Å². The lowest BCUT2D eigenvalue weighted by atomic mass is 10.2. The summed E-state index contributed by atoms with van der Waals surface area (Å²) in [6.45, 7) is 6.01. The molecule has 1 amide bonds. The smallest absolute Gasteiger partial charge is 0.338 e. The minimum Gasteiger partial charge on any atom is -0.462 e. The maximum Gasteiger partial charge on any atom is 0.338 e. The van der Waals surface area contributed by atoms with Crippen molar-refractivity contribution in [2.24, 2.45) is 5.92 Å². The molecule has 1 rings (SSSR count). The Balaban J connectivity index is 2.93. The van der Waals surface area contributed by atoms with Crippen molar-refractivity contribution in [3.05, 3.63) is 29.8 Å². The standard InChI is InChI=1S/C16H24N2O5S/c1-5-23-16(20)13-6-8-14(9-7-13)18(24(4,21)22)11-15(19)17-10-12(2)3/h6-9,12H,5,10-11H2,1-4H3,(H,17,19). The number of rotatable bonds is 8. The van der Waals surface area contributed by atoms with Crippen LogP contribution in [-0.2, 0) is 19.6 Å². The van der Waals surface area contributed by atoms with Crippen molar-refractivity contribution < 1.29 is 22.7 Å². The molecular weight excluding hydrogens is 332 g/mol. The highest BCUT2D eigenvalue weighted by molar-refractivity contribution is 7.92. The number of esters is 1. The molecule has 0 aliphatic rings. The van der Waals surface area contributed by atoms with Gasteiger partial charge in [-0.15, -0.1) is 0 Å². The molecule has 134 valence electrons. The van der Waals surface area contributed by atoms with Gasteiger partial charge < -0.3 is 10.1 Å². The average molecular weight is 356 g/mol. The van der Waals surface area contributed by atoms with Crippen LogP contribution in [0.2, 0.25) is 0 Å². The Kier molecular flexibility index (Phi) is 7.21. The number of anilines is 1. The molecule has 8 heteroatoms. The van der Waals surface area contributed by atoms with Crippen molar-refractivity contribution in [2.75, 3.05) is 30.3 Å². The first-order valence-corrected chi connectivity index (χ1v) is 9.51. The van der Waals surface area contributed by atoms with Gasteiger partial charge in [0.05, 0.1) is 24.1 Å². The summed E-state index contributed by atoms with van der Waals surface area (Å²) in [6, 6.07) is 5.89. The van der Waals surface area contributed by atoms with E-state index < -0.39 is 16.0 Å². The lowest BCUT2D eigenvalue weighted by Crippen LogP contribution is -2.41. The first kappa shape index (κ1) is 20.0. The van der Waals surface area contributed by atoms with Crippen LogP contribution in [0.5, 0.6) is 0 Å². The molecular formula is C16H24N2O5S. The molecule has 0 unspecified atom stereocenters. The van der Waals surface area contributed by atoms with Crippen molar-refractivity contribution in [2.45, 2.75) is 20.8 Å². The van der Waals surface area contributed by atoms with E-state index in [2.05, 4.69) is 5.32 Å². The van der Waals surface area contributed by atoms with E-state index >= 15 is 0 Å². The lowest BCUT2D eigenvalue weighted by Gasteiger charge is -2.22. The van der Waals surface area contributed by atoms with Crippen LogP contribution in [0.3, 0.4) is 0 Å². The highest BCUT2D eigenvalue weighted by Crippen LogP contribution is 2.18. The van der Waals surface area contributed by atoms with Crippen LogP contribution in [-0.4, -0.2) is 46.2 Å². The number of hydrogen-bond donors (Lipinski definition) is 1. The fourth-order valence-electron chi connectivity index (χ4n) is 1.88. The quantitative estimate of drug-likeness (QED) is 0.711. The van der Waals surface area contributed by atoms with Gasteiger partial charge in [0, 0.05) is 6.54 Å². The number of benzene rings is 1. The van der Waals surface area contributed by atoms with Gasteiger partial charge in [0.2, 0.25) is 15.9 Å². The van der Waals surface area contributed by atoms with E-state index in [0.29, 0.717) is 17.8 Å². The predicted octanol–water partition coefficient (Wildman–Crippen LogP) is 1.40. The fraction of sp³-hybridized carbons (Fsp3) is 0.500. The molecule has 0 fully saturated rings. The number of ether oxygens (including phenoxy) is 1. The van der Waals surface area contributed by atoms with Crippen LogP contribution < -0.4 is 9.62 Å². The normalized spacial score (nSPS) is 11.2. The van der Waals surface area contributed by atoms with Crippen LogP contribution in [0.4, 0.5) is 5.69 Å². The van der Waals surface area contributed by atoms with Gasteiger partial charge in [0.25, 0.3) is 0 Å². The van der Waals surface area contributed by atoms with E-state index in [9.17, 15) is 18.0 Å². The molecule has 0 saturated heterocycles. The van der Waals surface area contributed by atoms with Crippen molar-refractivity contribution in [3.8, 4) is 0 Å². The Labute approximate surface area is 143 Å². The van der Waals surface area contributed by atoms with E-state index in [1.165, 1.54) is 24.3 Å². The van der Waals surface area contributed by atoms with Crippen molar-refractivity contribution >= 4 is 27.6 Å². The highest BCUT2D eigenvalue weighted by Gasteiger charge is 2.21. The molecule has 0 heterocycles. The molecule has 0 atom stereocenters. The molecule has 0 aliphatic heterocycles. The van der Waals surface area contributed by atoms with Gasteiger partial charge in [-0.3, -0.25) is 9.10 Å². The number of hydrogen-bond acceptors (Lipinski definition) is 5. The molecule has 0 aromatic heterocycles. The maximum atomic E-state index is 12.0. The van der Waals surface area contributed by atoms with E-state index in [0.717, 1.165) is 10.6 Å². The summed E-state index contributed by atoms with van der Waals surface area (Å²) in [5.74, 6) is -0.599. The zero-order valence-corrected chi connectivity index (χ0v) is 15.2. The summed E-state index contributed by atoms with van der Waals surface area (Å²) in [5.41, 5.74) is 0.628. The molecule has 0 saturated carbocycles. The topological polar surface area (TPSA) is 92.8 Å². The summed E-state index contributed by atoms with van der Waals surface area (Å²) < 4.78 is 29.8. The molecule has 24 heavy (non-hydrogen) atoms. The second-order valence-corrected chi connectivity index (χ2v) is 7.64. The van der Waals surface area contributed by atoms with Gasteiger partial charge in [-0.05, 0) is 37.1 Å². The fourth-order valence-corrected chi connectivity index (χ4v) is 2.74. The zero-order chi connectivity index (χ0) is 18.3. The van der Waals surface area contributed by atoms with Crippen molar-refractivity contribution in [1.82, 2.24) is 5.32 Å². The minimum absolute atomic E-state index is 0.256. The summed E-state index contributed by atoms with van der Waals surface area (Å²) in [7, 11) is -3.64. The first-order valence-electron chi connectivity index (χ1n) is 7.66. The first-order chi connectivity index (χ1) is 11.1. The molecule has 7 nitrogen and oxygen atoms in total. The molecule has 1 N–H and O–H groups in total. The van der Waals surface area contributed by atoms with E-state index in [-0.39, 0.29) is 25.0 Å². The van der Waals surface area contributed by atoms with Gasteiger partial charge in [-0.25, -0.2) is 13.2 Å². The molecule has 0 bridgehead atoms. The highest BCUT2D eigenvalue weighted by atomic mass is 32.2. The van der Waals surface area contributed by atoms with Crippen LogP contribution in [0.1, 0.15) is 31.1 Å². The number of carbonyl (C=O) groups excluding carboxylic acids is 2. The Morgan fingerprint density at radius 2 is 1.79 bits per heavy atom. The van der Waals surface area contributed by atoms with Crippen LogP contribution >= 0.6 is 0 Å². The Bertz CT molecular complexity index is 668. The summed E-state index contributed by atoms with van der Waals surface area (Å²) >= 11 is 0. The van der Waals surface area contributed by atoms with Crippen LogP contribution in [0.25, 0.3) is 0 Å². The summed E-state index contributed by atoms with van der Waals surface area (Å²) in [6.07, 6.45) is 1.03. The zero-order valence-electron chi connectivity index (χ0n) is 14.4. The largest absolute Gasteiger partial charge is 0.462 e. The van der Waals surface area contributed by atoms with Crippen molar-refractivity contribution in [3.63, 3.8) is 0 Å². The summed E-state index contributed by atoms with van der Waals surface area (Å²) in [4.78, 5) is 23.6. The Morgan fingerprint density at radius 1 is 1.21 bits per heavy atom. The molecule has 0 radical (unpaired) electrons. The molecule has 1 aromatic rings. The number of amides is 1. The number of sulfonamides is 1. The van der Waals surface area contributed by atoms with Gasteiger partial charge in [-0.2, -0.15) is 0 Å². The molecule has 0 aliphatic carbocycles. The number of nitrogens with one attached hydrogen (secondary N) is 1. The van der Waals surface area contributed by atoms with E-state index in [1.807, 2.05) is 13.8 Å². The van der Waals surface area contributed by atoms with E-state index in [4.69, 9.17) is 4.74 Å². The minimum atomic E-state index is -3.64. The third-order valence-electron chi connectivity index (χ3n) is 3.06. The lowest BCUT2D eigenvalue weighted by molar-refractivity contribution is -0.119. The van der Waals surface area contributed by atoms with Gasteiger partial charge in [-0.1, -0.05) is 13.8 Å². The third kappa shape index (κ3) is 6.19. The third-order valence-corrected chi connectivity index (χ3v) is 4.20. The van der Waals surface area contributed by atoms with Gasteiger partial charge >= 0.3 is 5.97 Å².